The quantitative estimate of drug-likeness (QED) is 0.724. The summed E-state index contributed by atoms with van der Waals surface area (Å²) in [5.41, 5.74) is -0.355. The molecule has 2 aliphatic rings. The van der Waals surface area contributed by atoms with Crippen LogP contribution in [0.5, 0.6) is 0 Å². The Morgan fingerprint density at radius 3 is 2.61 bits per heavy atom. The van der Waals surface area contributed by atoms with Gasteiger partial charge in [-0.3, -0.25) is 9.10 Å². The van der Waals surface area contributed by atoms with Crippen molar-refractivity contribution in [3.05, 3.63) is 66.0 Å². The van der Waals surface area contributed by atoms with Gasteiger partial charge in [-0.05, 0) is 43.5 Å². The van der Waals surface area contributed by atoms with Crippen LogP contribution < -0.4 is 4.31 Å². The Balaban J connectivity index is 1.55. The molecule has 4 rings (SSSR count). The SMILES string of the molecule is CC1C[C@@]2(CCN1C(=O)OCc1ccccc1)C(=O)CS(=O)(=O)N2c1cccc(F)c1. The van der Waals surface area contributed by atoms with Crippen molar-refractivity contribution in [3.8, 4) is 0 Å². The predicted molar refractivity (Wildman–Crippen MR) is 112 cm³/mol. The highest BCUT2D eigenvalue weighted by Crippen LogP contribution is 2.43. The molecule has 0 bridgehead atoms. The van der Waals surface area contributed by atoms with Gasteiger partial charge in [-0.15, -0.1) is 0 Å². The summed E-state index contributed by atoms with van der Waals surface area (Å²) in [4.78, 5) is 27.1. The highest BCUT2D eigenvalue weighted by atomic mass is 32.2. The molecule has 2 fully saturated rings. The van der Waals surface area contributed by atoms with Gasteiger partial charge in [-0.25, -0.2) is 17.6 Å². The van der Waals surface area contributed by atoms with Crippen LogP contribution in [0.3, 0.4) is 0 Å². The van der Waals surface area contributed by atoms with E-state index in [1.165, 1.54) is 23.1 Å². The molecule has 2 aromatic rings. The fourth-order valence-corrected chi connectivity index (χ4v) is 6.46. The topological polar surface area (TPSA) is 84.0 Å². The number of halogens is 1. The van der Waals surface area contributed by atoms with E-state index in [9.17, 15) is 22.4 Å². The maximum Gasteiger partial charge on any atom is 0.410 e. The van der Waals surface area contributed by atoms with Gasteiger partial charge in [0.1, 0.15) is 23.7 Å². The first-order valence-electron chi connectivity index (χ1n) is 10.0. The highest BCUT2D eigenvalue weighted by Gasteiger charge is 2.59. The zero-order valence-corrected chi connectivity index (χ0v) is 17.8. The number of benzene rings is 2. The predicted octanol–water partition coefficient (Wildman–Crippen LogP) is 3.10. The summed E-state index contributed by atoms with van der Waals surface area (Å²) < 4.78 is 45.9. The summed E-state index contributed by atoms with van der Waals surface area (Å²) in [7, 11) is -3.94. The van der Waals surface area contributed by atoms with Gasteiger partial charge in [-0.1, -0.05) is 36.4 Å². The van der Waals surface area contributed by atoms with Crippen LogP contribution in [0.2, 0.25) is 0 Å². The van der Waals surface area contributed by atoms with E-state index in [1.807, 2.05) is 30.3 Å². The molecule has 1 spiro atoms. The fourth-order valence-electron chi connectivity index (χ4n) is 4.49. The van der Waals surface area contributed by atoms with Crippen molar-refractivity contribution in [2.45, 2.75) is 38.0 Å². The molecule has 31 heavy (non-hydrogen) atoms. The molecule has 0 saturated carbocycles. The number of anilines is 1. The zero-order valence-electron chi connectivity index (χ0n) is 17.0. The highest BCUT2D eigenvalue weighted by molar-refractivity contribution is 7.94. The Kier molecular flexibility index (Phi) is 5.47. The van der Waals surface area contributed by atoms with E-state index in [0.717, 1.165) is 15.9 Å². The standard InChI is InChI=1S/C22H23FN2O5S/c1-16-13-22(10-11-24(16)21(27)30-14-17-6-3-2-4-7-17)20(26)15-31(28,29)25(22)19-9-5-8-18(23)12-19/h2-9,12,16H,10-11,13-15H2,1H3/t16?,22-/m0/s1. The second-order valence-electron chi connectivity index (χ2n) is 7.99. The third kappa shape index (κ3) is 3.89. The van der Waals surface area contributed by atoms with E-state index in [0.29, 0.717) is 0 Å². The normalized spacial score (nSPS) is 25.1. The third-order valence-corrected chi connectivity index (χ3v) is 7.66. The molecule has 164 valence electrons. The lowest BCUT2D eigenvalue weighted by Gasteiger charge is -2.45. The van der Waals surface area contributed by atoms with Crippen LogP contribution in [-0.2, 0) is 26.2 Å². The maximum atomic E-state index is 13.8. The average molecular weight is 447 g/mol. The molecule has 2 aliphatic heterocycles. The van der Waals surface area contributed by atoms with Crippen LogP contribution in [-0.4, -0.2) is 49.1 Å². The molecule has 2 aromatic carbocycles. The summed E-state index contributed by atoms with van der Waals surface area (Å²) in [6.07, 6.45) is -0.286. The van der Waals surface area contributed by atoms with Crippen LogP contribution >= 0.6 is 0 Å². The number of nitrogens with zero attached hydrogens (tertiary/aromatic N) is 2. The first-order valence-corrected chi connectivity index (χ1v) is 11.6. The van der Waals surface area contributed by atoms with Crippen molar-refractivity contribution in [2.24, 2.45) is 0 Å². The minimum absolute atomic E-state index is 0.113. The van der Waals surface area contributed by atoms with Gasteiger partial charge in [0.25, 0.3) is 0 Å². The summed E-state index contributed by atoms with van der Waals surface area (Å²) >= 11 is 0. The van der Waals surface area contributed by atoms with E-state index in [2.05, 4.69) is 0 Å². The van der Waals surface area contributed by atoms with E-state index >= 15 is 0 Å². The molecule has 2 atom stereocenters. The number of piperidine rings is 1. The summed E-state index contributed by atoms with van der Waals surface area (Å²) in [5.74, 6) is -1.65. The van der Waals surface area contributed by atoms with Crippen molar-refractivity contribution >= 4 is 27.6 Å². The molecule has 0 aromatic heterocycles. The minimum atomic E-state index is -3.94. The van der Waals surface area contributed by atoms with E-state index < -0.39 is 45.1 Å². The number of hydrogen-bond acceptors (Lipinski definition) is 5. The van der Waals surface area contributed by atoms with Crippen molar-refractivity contribution in [3.63, 3.8) is 0 Å². The number of carbonyl (C=O) groups is 2. The molecule has 2 saturated heterocycles. The molecule has 9 heteroatoms. The molecule has 1 amide bonds. The Morgan fingerprint density at radius 2 is 1.94 bits per heavy atom. The molecule has 2 heterocycles. The number of hydrogen-bond donors (Lipinski definition) is 0. The molecule has 0 N–H and O–H groups in total. The van der Waals surface area contributed by atoms with Gasteiger partial charge >= 0.3 is 6.09 Å². The summed E-state index contributed by atoms with van der Waals surface area (Å²) in [6, 6.07) is 14.0. The van der Waals surface area contributed by atoms with Gasteiger partial charge in [0, 0.05) is 12.6 Å². The smallest absolute Gasteiger partial charge is 0.410 e. The van der Waals surface area contributed by atoms with Gasteiger partial charge in [-0.2, -0.15) is 0 Å². The summed E-state index contributed by atoms with van der Waals surface area (Å²) in [5, 5.41) is 0. The number of ether oxygens (including phenoxy) is 1. The number of carbonyl (C=O) groups excluding carboxylic acids is 2. The molecular weight excluding hydrogens is 423 g/mol. The lowest BCUT2D eigenvalue weighted by atomic mass is 9.80. The van der Waals surface area contributed by atoms with Crippen molar-refractivity contribution < 1.29 is 27.1 Å². The Bertz CT molecular complexity index is 1110. The van der Waals surface area contributed by atoms with Gasteiger partial charge in [0.15, 0.2) is 5.78 Å². The molecule has 1 unspecified atom stereocenters. The number of Topliss-reactive ketones (excluding diaryl/α,β-unsaturated/α-hetero) is 1. The first-order chi connectivity index (χ1) is 14.7. The van der Waals surface area contributed by atoms with Gasteiger partial charge < -0.3 is 9.64 Å². The van der Waals surface area contributed by atoms with Crippen LogP contribution in [0.15, 0.2) is 54.6 Å². The first kappa shape index (κ1) is 21.3. The van der Waals surface area contributed by atoms with E-state index in [1.54, 1.807) is 6.92 Å². The molecule has 0 radical (unpaired) electrons. The zero-order chi connectivity index (χ0) is 22.2. The largest absolute Gasteiger partial charge is 0.445 e. The van der Waals surface area contributed by atoms with Gasteiger partial charge in [0.2, 0.25) is 10.0 Å². The second-order valence-corrected chi connectivity index (χ2v) is 9.81. The van der Waals surface area contributed by atoms with Crippen LogP contribution in [0.25, 0.3) is 0 Å². The number of ketones is 1. The van der Waals surface area contributed by atoms with Crippen LogP contribution in [0, 0.1) is 5.82 Å². The van der Waals surface area contributed by atoms with Gasteiger partial charge in [0.05, 0.1) is 5.69 Å². The Morgan fingerprint density at radius 1 is 1.19 bits per heavy atom. The van der Waals surface area contributed by atoms with Crippen molar-refractivity contribution in [1.29, 1.82) is 0 Å². The van der Waals surface area contributed by atoms with Crippen molar-refractivity contribution in [1.82, 2.24) is 4.90 Å². The molecule has 7 nitrogen and oxygen atoms in total. The van der Waals surface area contributed by atoms with Crippen molar-refractivity contribution in [2.75, 3.05) is 16.6 Å². The Hall–Kier alpha value is -2.94. The van der Waals surface area contributed by atoms with E-state index in [4.69, 9.17) is 4.74 Å². The number of rotatable bonds is 3. The number of amides is 1. The third-order valence-electron chi connectivity index (χ3n) is 5.91. The average Bonchev–Trinajstić information content (AvgIpc) is 2.91. The molecule has 0 aliphatic carbocycles. The molecular formula is C22H23FN2O5S. The minimum Gasteiger partial charge on any atom is -0.445 e. The lowest BCUT2D eigenvalue weighted by molar-refractivity contribution is -0.122. The lowest BCUT2D eigenvalue weighted by Crippen LogP contribution is -2.60. The monoisotopic (exact) mass is 446 g/mol. The van der Waals surface area contributed by atoms with Crippen LogP contribution in [0.4, 0.5) is 14.9 Å². The number of sulfonamides is 1. The number of likely N-dealkylation sites (tertiary alicyclic amines) is 1. The maximum absolute atomic E-state index is 13.8. The van der Waals surface area contributed by atoms with E-state index in [-0.39, 0.29) is 31.7 Å². The fraction of sp³-hybridized carbons (Fsp3) is 0.364. The van der Waals surface area contributed by atoms with Crippen LogP contribution in [0.1, 0.15) is 25.3 Å². The Labute approximate surface area is 180 Å². The summed E-state index contributed by atoms with van der Waals surface area (Å²) in [6.45, 7) is 2.03. The second kappa shape index (κ2) is 7.96.